The SMILES string of the molecule is CN(Cc1c(O)ccc2ccccc12)CC1(O)CCCC1. The van der Waals surface area contributed by atoms with E-state index in [0.29, 0.717) is 18.8 Å². The van der Waals surface area contributed by atoms with Gasteiger partial charge in [-0.15, -0.1) is 0 Å². The third kappa shape index (κ3) is 3.04. The van der Waals surface area contributed by atoms with Crippen LogP contribution in [0.4, 0.5) is 0 Å². The van der Waals surface area contributed by atoms with E-state index in [0.717, 1.165) is 42.0 Å². The van der Waals surface area contributed by atoms with Crippen molar-refractivity contribution >= 4 is 10.8 Å². The van der Waals surface area contributed by atoms with Crippen molar-refractivity contribution in [2.24, 2.45) is 0 Å². The molecule has 3 heteroatoms. The van der Waals surface area contributed by atoms with E-state index < -0.39 is 5.60 Å². The summed E-state index contributed by atoms with van der Waals surface area (Å²) in [5.74, 6) is 0.332. The highest BCUT2D eigenvalue weighted by molar-refractivity contribution is 5.87. The van der Waals surface area contributed by atoms with Gasteiger partial charge in [0.2, 0.25) is 0 Å². The Balaban J connectivity index is 1.82. The largest absolute Gasteiger partial charge is 0.508 e. The van der Waals surface area contributed by atoms with Gasteiger partial charge in [-0.1, -0.05) is 43.2 Å². The first kappa shape index (κ1) is 14.4. The van der Waals surface area contributed by atoms with Crippen molar-refractivity contribution in [3.8, 4) is 5.75 Å². The van der Waals surface area contributed by atoms with Gasteiger partial charge in [0, 0.05) is 18.7 Å². The van der Waals surface area contributed by atoms with Crippen LogP contribution in [0.5, 0.6) is 5.75 Å². The molecule has 1 fully saturated rings. The molecule has 3 nitrogen and oxygen atoms in total. The summed E-state index contributed by atoms with van der Waals surface area (Å²) in [4.78, 5) is 2.12. The molecule has 2 N–H and O–H groups in total. The van der Waals surface area contributed by atoms with Gasteiger partial charge in [0.15, 0.2) is 0 Å². The van der Waals surface area contributed by atoms with Gasteiger partial charge in [0.25, 0.3) is 0 Å². The van der Waals surface area contributed by atoms with Crippen LogP contribution in [0.1, 0.15) is 31.2 Å². The molecule has 0 spiro atoms. The Hall–Kier alpha value is -1.58. The second-order valence-electron chi connectivity index (χ2n) is 6.39. The van der Waals surface area contributed by atoms with E-state index in [4.69, 9.17) is 0 Å². The Labute approximate surface area is 125 Å². The highest BCUT2D eigenvalue weighted by atomic mass is 16.3. The Morgan fingerprint density at radius 3 is 2.57 bits per heavy atom. The molecule has 0 atom stereocenters. The quantitative estimate of drug-likeness (QED) is 0.906. The summed E-state index contributed by atoms with van der Waals surface area (Å²) in [5, 5.41) is 22.9. The average Bonchev–Trinajstić information content (AvgIpc) is 2.88. The van der Waals surface area contributed by atoms with Crippen LogP contribution < -0.4 is 0 Å². The molecular formula is C18H23NO2. The fourth-order valence-electron chi connectivity index (χ4n) is 3.51. The molecule has 0 radical (unpaired) electrons. The van der Waals surface area contributed by atoms with Crippen LogP contribution in [0.25, 0.3) is 10.8 Å². The molecular weight excluding hydrogens is 262 g/mol. The van der Waals surface area contributed by atoms with Crippen LogP contribution in [0, 0.1) is 0 Å². The Bertz CT molecular complexity index is 632. The van der Waals surface area contributed by atoms with Crippen LogP contribution >= 0.6 is 0 Å². The van der Waals surface area contributed by atoms with Crippen molar-refractivity contribution < 1.29 is 10.2 Å². The molecule has 0 aromatic heterocycles. The first-order valence-corrected chi connectivity index (χ1v) is 7.68. The lowest BCUT2D eigenvalue weighted by Gasteiger charge is -2.29. The second-order valence-corrected chi connectivity index (χ2v) is 6.39. The van der Waals surface area contributed by atoms with Gasteiger partial charge in [0.1, 0.15) is 5.75 Å². The topological polar surface area (TPSA) is 43.7 Å². The summed E-state index contributed by atoms with van der Waals surface area (Å²) in [6.45, 7) is 1.31. The zero-order valence-corrected chi connectivity index (χ0v) is 12.5. The van der Waals surface area contributed by atoms with Crippen LogP contribution in [0.2, 0.25) is 0 Å². The second kappa shape index (κ2) is 5.66. The van der Waals surface area contributed by atoms with Crippen LogP contribution in [0.3, 0.4) is 0 Å². The average molecular weight is 285 g/mol. The number of rotatable bonds is 4. The molecule has 0 heterocycles. The monoisotopic (exact) mass is 285 g/mol. The number of benzene rings is 2. The van der Waals surface area contributed by atoms with E-state index in [1.807, 2.05) is 31.3 Å². The summed E-state index contributed by atoms with van der Waals surface area (Å²) in [5.41, 5.74) is 0.395. The van der Waals surface area contributed by atoms with Gasteiger partial charge in [-0.25, -0.2) is 0 Å². The van der Waals surface area contributed by atoms with Crippen molar-refractivity contribution in [2.45, 2.75) is 37.8 Å². The zero-order valence-electron chi connectivity index (χ0n) is 12.5. The normalized spacial score (nSPS) is 17.7. The third-order valence-electron chi connectivity index (χ3n) is 4.54. The molecule has 3 rings (SSSR count). The van der Waals surface area contributed by atoms with Crippen molar-refractivity contribution in [1.82, 2.24) is 4.90 Å². The molecule has 2 aromatic carbocycles. The molecule has 21 heavy (non-hydrogen) atoms. The number of likely N-dealkylation sites (N-methyl/N-ethyl adjacent to an activating group) is 1. The molecule has 0 bridgehead atoms. The minimum absolute atomic E-state index is 0.332. The number of fused-ring (bicyclic) bond motifs is 1. The Morgan fingerprint density at radius 2 is 1.81 bits per heavy atom. The maximum Gasteiger partial charge on any atom is 0.120 e. The lowest BCUT2D eigenvalue weighted by molar-refractivity contribution is 0.0144. The number of aliphatic hydroxyl groups is 1. The van der Waals surface area contributed by atoms with Crippen molar-refractivity contribution in [1.29, 1.82) is 0 Å². The van der Waals surface area contributed by atoms with Gasteiger partial charge in [-0.05, 0) is 36.7 Å². The summed E-state index contributed by atoms with van der Waals surface area (Å²) < 4.78 is 0. The number of hydrogen-bond acceptors (Lipinski definition) is 3. The molecule has 1 aliphatic carbocycles. The van der Waals surface area contributed by atoms with Gasteiger partial charge in [-0.3, -0.25) is 4.90 Å². The first-order chi connectivity index (χ1) is 10.1. The predicted molar refractivity (Wildman–Crippen MR) is 85.4 cm³/mol. The molecule has 0 aliphatic heterocycles. The van der Waals surface area contributed by atoms with E-state index in [2.05, 4.69) is 11.0 Å². The Kier molecular flexibility index (Phi) is 3.87. The lowest BCUT2D eigenvalue weighted by atomic mass is 10.00. The predicted octanol–water partition coefficient (Wildman–Crippen LogP) is 3.28. The molecule has 0 saturated heterocycles. The van der Waals surface area contributed by atoms with E-state index >= 15 is 0 Å². The van der Waals surface area contributed by atoms with Crippen LogP contribution in [0.15, 0.2) is 36.4 Å². The smallest absolute Gasteiger partial charge is 0.120 e. The van der Waals surface area contributed by atoms with Gasteiger partial charge in [-0.2, -0.15) is 0 Å². The number of phenolic OH excluding ortho intramolecular Hbond substituents is 1. The highest BCUT2D eigenvalue weighted by Gasteiger charge is 2.32. The summed E-state index contributed by atoms with van der Waals surface area (Å²) in [6, 6.07) is 11.8. The third-order valence-corrected chi connectivity index (χ3v) is 4.54. The minimum atomic E-state index is -0.547. The zero-order chi connectivity index (χ0) is 14.9. The maximum absolute atomic E-state index is 10.5. The highest BCUT2D eigenvalue weighted by Crippen LogP contribution is 2.32. The number of nitrogens with zero attached hydrogens (tertiary/aromatic N) is 1. The van der Waals surface area contributed by atoms with Gasteiger partial charge in [0.05, 0.1) is 5.60 Å². The molecule has 0 amide bonds. The minimum Gasteiger partial charge on any atom is -0.508 e. The summed E-state index contributed by atoms with van der Waals surface area (Å²) in [7, 11) is 2.01. The maximum atomic E-state index is 10.5. The number of phenols is 1. The van der Waals surface area contributed by atoms with Gasteiger partial charge < -0.3 is 10.2 Å². The van der Waals surface area contributed by atoms with Crippen molar-refractivity contribution in [3.05, 3.63) is 42.0 Å². The van der Waals surface area contributed by atoms with E-state index in [-0.39, 0.29) is 0 Å². The molecule has 2 aromatic rings. The van der Waals surface area contributed by atoms with E-state index in [1.165, 1.54) is 0 Å². The van der Waals surface area contributed by atoms with E-state index in [9.17, 15) is 10.2 Å². The van der Waals surface area contributed by atoms with E-state index in [1.54, 1.807) is 6.07 Å². The standard InChI is InChI=1S/C18H23NO2/c1-19(13-18(21)10-4-5-11-18)12-16-15-7-3-2-6-14(15)8-9-17(16)20/h2-3,6-9,20-21H,4-5,10-13H2,1H3. The fourth-order valence-corrected chi connectivity index (χ4v) is 3.51. The lowest BCUT2D eigenvalue weighted by Crippen LogP contribution is -2.38. The number of hydrogen-bond donors (Lipinski definition) is 2. The molecule has 1 saturated carbocycles. The summed E-state index contributed by atoms with van der Waals surface area (Å²) >= 11 is 0. The Morgan fingerprint density at radius 1 is 1.10 bits per heavy atom. The van der Waals surface area contributed by atoms with Crippen LogP contribution in [-0.2, 0) is 6.54 Å². The fraction of sp³-hybridized carbons (Fsp3) is 0.444. The van der Waals surface area contributed by atoms with Gasteiger partial charge >= 0.3 is 0 Å². The van der Waals surface area contributed by atoms with Crippen molar-refractivity contribution in [2.75, 3.05) is 13.6 Å². The summed E-state index contributed by atoms with van der Waals surface area (Å²) in [6.07, 6.45) is 4.01. The molecule has 112 valence electrons. The first-order valence-electron chi connectivity index (χ1n) is 7.68. The molecule has 0 unspecified atom stereocenters. The molecule has 1 aliphatic rings. The van der Waals surface area contributed by atoms with Crippen LogP contribution in [-0.4, -0.2) is 34.3 Å². The number of aromatic hydroxyl groups is 1. The van der Waals surface area contributed by atoms with Crippen molar-refractivity contribution in [3.63, 3.8) is 0 Å².